The largest absolute Gasteiger partial charge is 0.296 e. The molecule has 0 radical (unpaired) electrons. The van der Waals surface area contributed by atoms with Gasteiger partial charge in [0.05, 0.1) is 11.5 Å². The summed E-state index contributed by atoms with van der Waals surface area (Å²) in [6.07, 6.45) is 0.623. The van der Waals surface area contributed by atoms with Crippen LogP contribution in [0.3, 0.4) is 0 Å². The van der Waals surface area contributed by atoms with E-state index in [0.29, 0.717) is 6.42 Å². The molecule has 0 spiro atoms. The molecule has 0 aliphatic rings. The molecule has 0 N–H and O–H groups in total. The fraction of sp³-hybridized carbons (Fsp3) is 0.500. The van der Waals surface area contributed by atoms with Crippen LogP contribution in [0.25, 0.3) is 0 Å². The van der Waals surface area contributed by atoms with Crippen molar-refractivity contribution in [2.75, 3.05) is 6.61 Å². The van der Waals surface area contributed by atoms with E-state index in [2.05, 4.69) is 15.9 Å². The lowest BCUT2D eigenvalue weighted by Crippen LogP contribution is -2.16. The molecule has 0 aliphatic heterocycles. The van der Waals surface area contributed by atoms with Gasteiger partial charge in [0, 0.05) is 4.32 Å². The number of alkyl halides is 1. The smallest absolute Gasteiger partial charge is 0.266 e. The second-order valence-corrected chi connectivity index (χ2v) is 8.32. The second kappa shape index (κ2) is 5.50. The molecule has 0 aromatic heterocycles. The highest BCUT2D eigenvalue weighted by molar-refractivity contribution is 9.10. The first-order chi connectivity index (χ1) is 7.71. The topological polar surface area (TPSA) is 43.4 Å². The lowest BCUT2D eigenvalue weighted by atomic mass is 10.1. The Kier molecular flexibility index (Phi) is 4.75. The van der Waals surface area contributed by atoms with Crippen molar-refractivity contribution in [2.45, 2.75) is 36.4 Å². The van der Waals surface area contributed by atoms with Gasteiger partial charge in [0.1, 0.15) is 0 Å². The summed E-state index contributed by atoms with van der Waals surface area (Å²) >= 11 is 3.44. The molecule has 96 valence electrons. The van der Waals surface area contributed by atoms with Crippen LogP contribution in [-0.4, -0.2) is 19.3 Å². The van der Waals surface area contributed by atoms with Crippen molar-refractivity contribution in [2.24, 2.45) is 0 Å². The number of halogens is 1. The highest BCUT2D eigenvalue weighted by Gasteiger charge is 2.18. The fourth-order valence-electron chi connectivity index (χ4n) is 1.17. The van der Waals surface area contributed by atoms with E-state index in [0.717, 1.165) is 5.56 Å². The Morgan fingerprint density at radius 1 is 1.24 bits per heavy atom. The van der Waals surface area contributed by atoms with Gasteiger partial charge in [-0.25, -0.2) is 0 Å². The maximum Gasteiger partial charge on any atom is 0.296 e. The molecule has 3 nitrogen and oxygen atoms in total. The maximum atomic E-state index is 11.8. The van der Waals surface area contributed by atoms with Gasteiger partial charge in [0.2, 0.25) is 0 Å². The van der Waals surface area contributed by atoms with Gasteiger partial charge in [-0.3, -0.25) is 4.18 Å². The first kappa shape index (κ1) is 14.7. The molecule has 0 atom stereocenters. The maximum absolute atomic E-state index is 11.8. The molecule has 0 unspecified atom stereocenters. The summed E-state index contributed by atoms with van der Waals surface area (Å²) in [5.41, 5.74) is 1.02. The fourth-order valence-corrected chi connectivity index (χ4v) is 2.24. The minimum atomic E-state index is -3.62. The molecule has 0 amide bonds. The molecule has 17 heavy (non-hydrogen) atoms. The molecule has 0 fully saturated rings. The summed E-state index contributed by atoms with van der Waals surface area (Å²) in [5, 5.41) is 0. The van der Waals surface area contributed by atoms with Crippen molar-refractivity contribution in [3.05, 3.63) is 29.8 Å². The highest BCUT2D eigenvalue weighted by Crippen LogP contribution is 2.21. The standard InChI is InChI=1S/C12H17BrO3S/c1-10-4-6-11(7-5-10)17(14,15)16-9-8-12(2,3)13/h4-7H,8-9H2,1-3H3. The van der Waals surface area contributed by atoms with Crippen LogP contribution in [0.4, 0.5) is 0 Å². The molecular weight excluding hydrogens is 304 g/mol. The van der Waals surface area contributed by atoms with Crippen LogP contribution in [0.15, 0.2) is 29.2 Å². The number of hydrogen-bond donors (Lipinski definition) is 0. The van der Waals surface area contributed by atoms with Gasteiger partial charge in [-0.15, -0.1) is 0 Å². The van der Waals surface area contributed by atoms with E-state index in [-0.39, 0.29) is 15.8 Å². The summed E-state index contributed by atoms with van der Waals surface area (Å²) in [4.78, 5) is 0.204. The molecule has 0 saturated carbocycles. The second-order valence-electron chi connectivity index (χ2n) is 4.56. The molecule has 0 bridgehead atoms. The van der Waals surface area contributed by atoms with Crippen LogP contribution in [0.5, 0.6) is 0 Å². The predicted octanol–water partition coefficient (Wildman–Crippen LogP) is 3.26. The van der Waals surface area contributed by atoms with Crippen LogP contribution in [0.2, 0.25) is 0 Å². The van der Waals surface area contributed by atoms with Crippen molar-refractivity contribution in [1.82, 2.24) is 0 Å². The molecule has 0 aliphatic carbocycles. The monoisotopic (exact) mass is 320 g/mol. The number of benzene rings is 1. The van der Waals surface area contributed by atoms with Crippen molar-refractivity contribution in [3.63, 3.8) is 0 Å². The summed E-state index contributed by atoms with van der Waals surface area (Å²) < 4.78 is 28.4. The van der Waals surface area contributed by atoms with E-state index in [1.807, 2.05) is 20.8 Å². The minimum Gasteiger partial charge on any atom is -0.266 e. The highest BCUT2D eigenvalue weighted by atomic mass is 79.9. The Balaban J connectivity index is 2.66. The van der Waals surface area contributed by atoms with Crippen LogP contribution >= 0.6 is 15.9 Å². The van der Waals surface area contributed by atoms with Gasteiger partial charge >= 0.3 is 0 Å². The molecule has 1 rings (SSSR count). The minimum absolute atomic E-state index is 0.115. The Hall–Kier alpha value is -0.390. The molecule has 0 heterocycles. The van der Waals surface area contributed by atoms with Gasteiger partial charge in [0.15, 0.2) is 0 Å². The zero-order valence-corrected chi connectivity index (χ0v) is 12.6. The van der Waals surface area contributed by atoms with E-state index in [1.54, 1.807) is 24.3 Å². The van der Waals surface area contributed by atoms with Gasteiger partial charge < -0.3 is 0 Å². The molecule has 1 aromatic carbocycles. The number of hydrogen-bond acceptors (Lipinski definition) is 3. The first-order valence-electron chi connectivity index (χ1n) is 5.36. The summed E-state index contributed by atoms with van der Waals surface area (Å²) in [5.74, 6) is 0. The Morgan fingerprint density at radius 3 is 2.24 bits per heavy atom. The first-order valence-corrected chi connectivity index (χ1v) is 7.56. The van der Waals surface area contributed by atoms with Crippen molar-refractivity contribution in [1.29, 1.82) is 0 Å². The predicted molar refractivity (Wildman–Crippen MR) is 71.9 cm³/mol. The van der Waals surface area contributed by atoms with Gasteiger partial charge in [-0.2, -0.15) is 8.42 Å². The van der Waals surface area contributed by atoms with E-state index >= 15 is 0 Å². The van der Waals surface area contributed by atoms with Crippen LogP contribution < -0.4 is 0 Å². The number of rotatable bonds is 5. The Labute approximate surface area is 111 Å². The third-order valence-electron chi connectivity index (χ3n) is 2.24. The summed E-state index contributed by atoms with van der Waals surface area (Å²) in [6, 6.07) is 6.63. The third kappa shape index (κ3) is 5.19. The van der Waals surface area contributed by atoms with Gasteiger partial charge in [-0.1, -0.05) is 33.6 Å². The molecule has 1 aromatic rings. The lowest BCUT2D eigenvalue weighted by molar-refractivity contribution is 0.301. The summed E-state index contributed by atoms with van der Waals surface area (Å²) in [6.45, 7) is 6.02. The SMILES string of the molecule is Cc1ccc(S(=O)(=O)OCCC(C)(C)Br)cc1. The lowest BCUT2D eigenvalue weighted by Gasteiger charge is -2.15. The normalized spacial score (nSPS) is 12.7. The van der Waals surface area contributed by atoms with Gasteiger partial charge in [0.25, 0.3) is 10.1 Å². The van der Waals surface area contributed by atoms with E-state index in [4.69, 9.17) is 4.18 Å². The van der Waals surface area contributed by atoms with E-state index < -0.39 is 10.1 Å². The third-order valence-corrected chi connectivity index (χ3v) is 3.97. The van der Waals surface area contributed by atoms with E-state index in [9.17, 15) is 8.42 Å². The van der Waals surface area contributed by atoms with Crippen molar-refractivity contribution < 1.29 is 12.6 Å². The molecular formula is C12H17BrO3S. The number of aryl methyl sites for hydroxylation is 1. The molecule has 5 heteroatoms. The van der Waals surface area contributed by atoms with Crippen LogP contribution in [0.1, 0.15) is 25.8 Å². The van der Waals surface area contributed by atoms with Crippen molar-refractivity contribution in [3.8, 4) is 0 Å². The van der Waals surface area contributed by atoms with E-state index in [1.165, 1.54) is 0 Å². The quantitative estimate of drug-likeness (QED) is 0.617. The Morgan fingerprint density at radius 2 is 1.76 bits per heavy atom. The van der Waals surface area contributed by atoms with Gasteiger partial charge in [-0.05, 0) is 39.3 Å². The van der Waals surface area contributed by atoms with Crippen LogP contribution in [0, 0.1) is 6.92 Å². The van der Waals surface area contributed by atoms with Crippen LogP contribution in [-0.2, 0) is 14.3 Å². The zero-order chi connectivity index (χ0) is 13.1. The average molecular weight is 321 g/mol. The molecule has 0 saturated heterocycles. The zero-order valence-electron chi connectivity index (χ0n) is 10.2. The Bertz CT molecular complexity index is 458. The van der Waals surface area contributed by atoms with Crippen molar-refractivity contribution >= 4 is 26.0 Å². The average Bonchev–Trinajstić information content (AvgIpc) is 2.15. The summed E-state index contributed by atoms with van der Waals surface area (Å²) in [7, 11) is -3.62.